The van der Waals surface area contributed by atoms with Crippen molar-refractivity contribution in [3.8, 4) is 0 Å². The summed E-state index contributed by atoms with van der Waals surface area (Å²) in [6.45, 7) is 5.48. The first-order valence-corrected chi connectivity index (χ1v) is 13.3. The normalized spacial score (nSPS) is 17.7. The number of aliphatic hydroxyl groups is 1. The van der Waals surface area contributed by atoms with Crippen LogP contribution in [0, 0.1) is 5.92 Å². The van der Waals surface area contributed by atoms with E-state index in [0.717, 1.165) is 36.2 Å². The molecule has 0 amide bonds. The molecule has 1 atom stereocenters. The fourth-order valence-corrected chi connectivity index (χ4v) is 7.25. The van der Waals surface area contributed by atoms with E-state index in [2.05, 4.69) is 19.1 Å². The molecular formula is C24H30O4S2. The van der Waals surface area contributed by atoms with Gasteiger partial charge in [-0.1, -0.05) is 19.1 Å². The maximum atomic E-state index is 12.9. The second kappa shape index (κ2) is 7.88. The molecule has 4 nitrogen and oxygen atoms in total. The maximum Gasteiger partial charge on any atom is 0.194 e. The first-order valence-electron chi connectivity index (χ1n) is 10.8. The number of benzene rings is 1. The standard InChI is InChI=1S/C24H30O4S2/c1-15(16-7-8-16)20-10-9-17-5-4-6-21(17)22(20)12-19(25)14-30(27,28)23-11-18(13-29-23)24(2,3)26/h9-11,13,15-16,26H,4-8,12,14H2,1-3H3/t15-/m0/s1. The average molecular weight is 447 g/mol. The Bertz CT molecular complexity index is 1070. The lowest BCUT2D eigenvalue weighted by Crippen LogP contribution is -2.20. The van der Waals surface area contributed by atoms with Gasteiger partial charge in [0.1, 0.15) is 9.96 Å². The number of carbonyl (C=O) groups is 1. The summed E-state index contributed by atoms with van der Waals surface area (Å²) in [5.41, 5.74) is 4.39. The highest BCUT2D eigenvalue weighted by Gasteiger charge is 2.33. The molecule has 1 aromatic carbocycles. The molecule has 2 aliphatic carbocycles. The van der Waals surface area contributed by atoms with Gasteiger partial charge in [-0.05, 0) is 97.1 Å². The van der Waals surface area contributed by atoms with Gasteiger partial charge in [-0.3, -0.25) is 4.79 Å². The number of sulfone groups is 1. The molecule has 1 aromatic heterocycles. The van der Waals surface area contributed by atoms with E-state index in [1.807, 2.05) is 0 Å². The van der Waals surface area contributed by atoms with Gasteiger partial charge in [0.05, 0.1) is 5.60 Å². The Labute approximate surface area is 183 Å². The molecule has 0 unspecified atom stereocenters. The van der Waals surface area contributed by atoms with Crippen molar-refractivity contribution in [3.05, 3.63) is 51.4 Å². The number of ketones is 1. The Morgan fingerprint density at radius 3 is 2.63 bits per heavy atom. The highest BCUT2D eigenvalue weighted by atomic mass is 32.2. The van der Waals surface area contributed by atoms with E-state index < -0.39 is 21.2 Å². The molecule has 0 spiro atoms. The third-order valence-corrected chi connectivity index (χ3v) is 9.78. The molecule has 2 aliphatic rings. The van der Waals surface area contributed by atoms with Gasteiger partial charge >= 0.3 is 0 Å². The van der Waals surface area contributed by atoms with E-state index in [0.29, 0.717) is 17.4 Å². The average Bonchev–Trinajstić information content (AvgIpc) is 3.16. The molecule has 2 aromatic rings. The van der Waals surface area contributed by atoms with Crippen molar-refractivity contribution in [2.24, 2.45) is 5.92 Å². The van der Waals surface area contributed by atoms with Crippen molar-refractivity contribution >= 4 is 27.0 Å². The van der Waals surface area contributed by atoms with Crippen LogP contribution < -0.4 is 0 Å². The molecule has 1 heterocycles. The third kappa shape index (κ3) is 4.41. The van der Waals surface area contributed by atoms with Gasteiger partial charge in [-0.15, -0.1) is 11.3 Å². The Balaban J connectivity index is 1.57. The van der Waals surface area contributed by atoms with Crippen molar-refractivity contribution < 1.29 is 18.3 Å². The second-order valence-corrected chi connectivity index (χ2v) is 12.6. The maximum absolute atomic E-state index is 12.9. The van der Waals surface area contributed by atoms with Crippen molar-refractivity contribution in [3.63, 3.8) is 0 Å². The Morgan fingerprint density at radius 1 is 1.27 bits per heavy atom. The molecule has 1 saturated carbocycles. The molecule has 4 rings (SSSR count). The van der Waals surface area contributed by atoms with Crippen molar-refractivity contribution in [1.29, 1.82) is 0 Å². The SMILES string of the molecule is C[C@H](c1ccc2c(c1CC(=O)CS(=O)(=O)c1cc(C(C)(C)O)cs1)CCC2)C1CC1. The predicted octanol–water partition coefficient (Wildman–Crippen LogP) is 4.56. The number of fused-ring (bicyclic) bond motifs is 1. The van der Waals surface area contributed by atoms with E-state index in [4.69, 9.17) is 0 Å². The molecule has 0 bridgehead atoms. The van der Waals surface area contributed by atoms with Crippen LogP contribution >= 0.6 is 11.3 Å². The third-order valence-electron chi connectivity index (χ3n) is 6.57. The van der Waals surface area contributed by atoms with E-state index in [9.17, 15) is 18.3 Å². The van der Waals surface area contributed by atoms with Gasteiger partial charge < -0.3 is 5.11 Å². The molecule has 0 aliphatic heterocycles. The van der Waals surface area contributed by atoms with E-state index in [1.54, 1.807) is 19.2 Å². The van der Waals surface area contributed by atoms with Gasteiger partial charge in [-0.25, -0.2) is 8.42 Å². The van der Waals surface area contributed by atoms with E-state index in [-0.39, 0.29) is 16.4 Å². The van der Waals surface area contributed by atoms with Crippen LogP contribution in [0.15, 0.2) is 27.8 Å². The Morgan fingerprint density at radius 2 is 2.00 bits per heavy atom. The van der Waals surface area contributed by atoms with Crippen LogP contribution in [0.1, 0.15) is 73.8 Å². The minimum absolute atomic E-state index is 0.151. The number of aryl methyl sites for hydroxylation is 1. The van der Waals surface area contributed by atoms with Crippen molar-refractivity contribution in [1.82, 2.24) is 0 Å². The lowest BCUT2D eigenvalue weighted by atomic mass is 9.86. The fraction of sp³-hybridized carbons (Fsp3) is 0.542. The molecule has 1 fully saturated rings. The summed E-state index contributed by atoms with van der Waals surface area (Å²) in [4.78, 5) is 12.9. The van der Waals surface area contributed by atoms with Gasteiger partial charge in [0.15, 0.2) is 15.6 Å². The molecule has 6 heteroatoms. The topological polar surface area (TPSA) is 71.4 Å². The number of Topliss-reactive ketones (excluding diaryl/α,β-unsaturated/α-hetero) is 1. The number of rotatable bonds is 8. The smallest absolute Gasteiger partial charge is 0.194 e. The number of hydrogen-bond donors (Lipinski definition) is 1. The Kier molecular flexibility index (Phi) is 5.71. The first kappa shape index (κ1) is 21.7. The van der Waals surface area contributed by atoms with E-state index in [1.165, 1.54) is 35.6 Å². The van der Waals surface area contributed by atoms with Crippen LogP contribution in [0.4, 0.5) is 0 Å². The monoisotopic (exact) mass is 446 g/mol. The van der Waals surface area contributed by atoms with Crippen molar-refractivity contribution in [2.75, 3.05) is 5.75 Å². The minimum atomic E-state index is -3.71. The molecule has 1 N–H and O–H groups in total. The van der Waals surface area contributed by atoms with Gasteiger partial charge in [0.25, 0.3) is 0 Å². The fourth-order valence-electron chi connectivity index (χ4n) is 4.58. The van der Waals surface area contributed by atoms with Crippen LogP contribution in [0.3, 0.4) is 0 Å². The summed E-state index contributed by atoms with van der Waals surface area (Å²) in [5, 5.41) is 11.8. The molecule has 0 saturated heterocycles. The highest BCUT2D eigenvalue weighted by Crippen LogP contribution is 2.44. The van der Waals surface area contributed by atoms with Crippen LogP contribution in [-0.2, 0) is 39.5 Å². The quantitative estimate of drug-likeness (QED) is 0.645. The molecular weight excluding hydrogens is 416 g/mol. The molecule has 30 heavy (non-hydrogen) atoms. The summed E-state index contributed by atoms with van der Waals surface area (Å²) >= 11 is 1.07. The highest BCUT2D eigenvalue weighted by molar-refractivity contribution is 7.94. The number of hydrogen-bond acceptors (Lipinski definition) is 5. The zero-order valence-electron chi connectivity index (χ0n) is 17.9. The first-order chi connectivity index (χ1) is 14.1. The molecule has 162 valence electrons. The second-order valence-electron chi connectivity index (χ2n) is 9.44. The Hall–Kier alpha value is -1.50. The van der Waals surface area contributed by atoms with Crippen LogP contribution in [0.25, 0.3) is 0 Å². The molecule has 0 radical (unpaired) electrons. The van der Waals surface area contributed by atoms with Crippen LogP contribution in [-0.4, -0.2) is 25.1 Å². The lowest BCUT2D eigenvalue weighted by Gasteiger charge is -2.19. The summed E-state index contributed by atoms with van der Waals surface area (Å²) in [6.07, 6.45) is 5.80. The predicted molar refractivity (Wildman–Crippen MR) is 120 cm³/mol. The number of thiophene rings is 1. The minimum Gasteiger partial charge on any atom is -0.386 e. The summed E-state index contributed by atoms with van der Waals surface area (Å²) in [5.74, 6) is 0.368. The van der Waals surface area contributed by atoms with Gasteiger partial charge in [0.2, 0.25) is 0 Å². The summed E-state index contributed by atoms with van der Waals surface area (Å²) < 4.78 is 25.9. The zero-order chi connectivity index (χ0) is 21.7. The zero-order valence-corrected chi connectivity index (χ0v) is 19.5. The number of carbonyl (C=O) groups excluding carboxylic acids is 1. The van der Waals surface area contributed by atoms with Gasteiger partial charge in [0, 0.05) is 6.42 Å². The van der Waals surface area contributed by atoms with Crippen LogP contribution in [0.5, 0.6) is 0 Å². The van der Waals surface area contributed by atoms with Crippen LogP contribution in [0.2, 0.25) is 0 Å². The van der Waals surface area contributed by atoms with E-state index >= 15 is 0 Å². The van der Waals surface area contributed by atoms with Gasteiger partial charge in [-0.2, -0.15) is 0 Å². The summed E-state index contributed by atoms with van der Waals surface area (Å²) in [7, 11) is -3.71. The largest absolute Gasteiger partial charge is 0.386 e. The summed E-state index contributed by atoms with van der Waals surface area (Å²) in [6, 6.07) is 5.89. The van der Waals surface area contributed by atoms with Crippen molar-refractivity contribution in [2.45, 2.75) is 75.0 Å². The lowest BCUT2D eigenvalue weighted by molar-refractivity contribution is -0.116.